The molecule has 2 aromatic carbocycles. The Kier molecular flexibility index (Phi) is 7.39. The van der Waals surface area contributed by atoms with Crippen LogP contribution in [0.2, 0.25) is 0 Å². The van der Waals surface area contributed by atoms with Crippen molar-refractivity contribution in [2.75, 3.05) is 13.2 Å². The molecule has 6 heteroatoms. The zero-order valence-electron chi connectivity index (χ0n) is 17.9. The number of ether oxygens (including phenoxy) is 1. The fourth-order valence-electron chi connectivity index (χ4n) is 3.10. The number of nitrogens with zero attached hydrogens (tertiary/aromatic N) is 3. The predicted octanol–water partition coefficient (Wildman–Crippen LogP) is 4.62. The fourth-order valence-corrected chi connectivity index (χ4v) is 3.10. The van der Waals surface area contributed by atoms with Gasteiger partial charge in [0.2, 0.25) is 0 Å². The van der Waals surface area contributed by atoms with Crippen molar-refractivity contribution in [1.82, 2.24) is 15.1 Å². The molecule has 32 heavy (non-hydrogen) atoms. The molecule has 160 valence electrons. The number of hydrogen-bond acceptors (Lipinski definition) is 4. The maximum absolute atomic E-state index is 12.4. The Morgan fingerprint density at radius 3 is 2.66 bits per heavy atom. The van der Waals surface area contributed by atoms with Crippen LogP contribution in [-0.4, -0.2) is 28.8 Å². The molecule has 0 unspecified atom stereocenters. The summed E-state index contributed by atoms with van der Waals surface area (Å²) >= 11 is 0. The molecule has 1 amide bonds. The standard InChI is InChI=1S/C26H24N4O2/c1-4-13-28-26(31)21(17-27)16-22-18-30(23-9-7-6-8-10-23)29-25(22)20-11-12-24(19(3)15-20)32-14-5-2/h4-12,15-16,18H,1-2,13-14H2,3H3,(H,28,31)/b21-16+. The second-order valence-corrected chi connectivity index (χ2v) is 6.96. The summed E-state index contributed by atoms with van der Waals surface area (Å²) in [5, 5.41) is 16.9. The van der Waals surface area contributed by atoms with E-state index in [1.165, 1.54) is 0 Å². The fraction of sp³-hybridized carbons (Fsp3) is 0.115. The van der Waals surface area contributed by atoms with E-state index in [-0.39, 0.29) is 12.1 Å². The molecule has 0 aliphatic rings. The van der Waals surface area contributed by atoms with E-state index in [1.54, 1.807) is 29.1 Å². The minimum atomic E-state index is -0.463. The number of aromatic nitrogens is 2. The van der Waals surface area contributed by atoms with Gasteiger partial charge in [-0.05, 0) is 48.9 Å². The van der Waals surface area contributed by atoms with Gasteiger partial charge in [0.25, 0.3) is 5.91 Å². The topological polar surface area (TPSA) is 79.9 Å². The molecule has 6 nitrogen and oxygen atoms in total. The Morgan fingerprint density at radius 1 is 1.22 bits per heavy atom. The number of nitrogens with one attached hydrogen (secondary N) is 1. The van der Waals surface area contributed by atoms with Crippen molar-refractivity contribution >= 4 is 12.0 Å². The zero-order chi connectivity index (χ0) is 22.9. The quantitative estimate of drug-likeness (QED) is 0.309. The first-order valence-corrected chi connectivity index (χ1v) is 10.1. The average Bonchev–Trinajstić information content (AvgIpc) is 3.24. The van der Waals surface area contributed by atoms with Crippen LogP contribution in [0.15, 0.2) is 85.6 Å². The highest BCUT2D eigenvalue weighted by Gasteiger charge is 2.15. The van der Waals surface area contributed by atoms with E-state index in [0.29, 0.717) is 17.9 Å². The van der Waals surface area contributed by atoms with Crippen molar-refractivity contribution in [2.45, 2.75) is 6.92 Å². The van der Waals surface area contributed by atoms with Gasteiger partial charge in [-0.1, -0.05) is 36.9 Å². The molecular weight excluding hydrogens is 400 g/mol. The third-order valence-corrected chi connectivity index (χ3v) is 4.64. The largest absolute Gasteiger partial charge is 0.489 e. The number of carbonyl (C=O) groups excluding carboxylic acids is 1. The molecule has 3 rings (SSSR count). The van der Waals surface area contributed by atoms with E-state index in [4.69, 9.17) is 9.84 Å². The first-order valence-electron chi connectivity index (χ1n) is 10.1. The number of nitriles is 1. The summed E-state index contributed by atoms with van der Waals surface area (Å²) in [5.74, 6) is 0.296. The van der Waals surface area contributed by atoms with Gasteiger partial charge in [0.15, 0.2) is 0 Å². The molecule has 0 radical (unpaired) electrons. The molecule has 1 N–H and O–H groups in total. The number of para-hydroxylation sites is 1. The third-order valence-electron chi connectivity index (χ3n) is 4.64. The van der Waals surface area contributed by atoms with Crippen LogP contribution >= 0.6 is 0 Å². The van der Waals surface area contributed by atoms with Gasteiger partial charge >= 0.3 is 0 Å². The highest BCUT2D eigenvalue weighted by molar-refractivity contribution is 6.02. The van der Waals surface area contributed by atoms with E-state index in [0.717, 1.165) is 22.6 Å². The summed E-state index contributed by atoms with van der Waals surface area (Å²) in [7, 11) is 0. The Labute approximate surface area is 187 Å². The Hall–Kier alpha value is -4.37. The van der Waals surface area contributed by atoms with E-state index in [1.807, 2.05) is 61.5 Å². The molecule has 0 saturated carbocycles. The highest BCUT2D eigenvalue weighted by atomic mass is 16.5. The van der Waals surface area contributed by atoms with Gasteiger partial charge in [-0.25, -0.2) is 4.68 Å². The van der Waals surface area contributed by atoms with Crippen LogP contribution in [0.3, 0.4) is 0 Å². The van der Waals surface area contributed by atoms with Gasteiger partial charge in [-0.15, -0.1) is 6.58 Å². The predicted molar refractivity (Wildman–Crippen MR) is 126 cm³/mol. The van der Waals surface area contributed by atoms with Crippen LogP contribution in [0.4, 0.5) is 0 Å². The van der Waals surface area contributed by atoms with Crippen LogP contribution < -0.4 is 10.1 Å². The lowest BCUT2D eigenvalue weighted by Crippen LogP contribution is -2.24. The van der Waals surface area contributed by atoms with Crippen molar-refractivity contribution in [2.24, 2.45) is 0 Å². The van der Waals surface area contributed by atoms with Crippen molar-refractivity contribution in [3.63, 3.8) is 0 Å². The molecule has 1 heterocycles. The number of benzene rings is 2. The lowest BCUT2D eigenvalue weighted by atomic mass is 10.0. The second kappa shape index (κ2) is 10.6. The van der Waals surface area contributed by atoms with Crippen molar-refractivity contribution in [3.8, 4) is 28.8 Å². The monoisotopic (exact) mass is 424 g/mol. The Morgan fingerprint density at radius 2 is 2.00 bits per heavy atom. The summed E-state index contributed by atoms with van der Waals surface area (Å²) in [6, 6.07) is 17.4. The van der Waals surface area contributed by atoms with E-state index >= 15 is 0 Å². The van der Waals surface area contributed by atoms with Gasteiger partial charge < -0.3 is 10.1 Å². The number of aryl methyl sites for hydroxylation is 1. The Bertz CT molecular complexity index is 1200. The van der Waals surface area contributed by atoms with Crippen LogP contribution in [0, 0.1) is 18.3 Å². The van der Waals surface area contributed by atoms with Crippen molar-refractivity contribution < 1.29 is 9.53 Å². The SMILES string of the molecule is C=CCNC(=O)/C(C#N)=C/c1cn(-c2ccccc2)nc1-c1ccc(OCC=C)c(C)c1. The normalized spacial score (nSPS) is 10.8. The van der Waals surface area contributed by atoms with Crippen LogP contribution in [0.1, 0.15) is 11.1 Å². The maximum atomic E-state index is 12.4. The minimum Gasteiger partial charge on any atom is -0.489 e. The molecule has 0 spiro atoms. The van der Waals surface area contributed by atoms with Gasteiger partial charge in [0, 0.05) is 23.9 Å². The highest BCUT2D eigenvalue weighted by Crippen LogP contribution is 2.30. The first-order chi connectivity index (χ1) is 15.6. The second-order valence-electron chi connectivity index (χ2n) is 6.96. The van der Waals surface area contributed by atoms with Crippen LogP contribution in [0.5, 0.6) is 5.75 Å². The third kappa shape index (κ3) is 5.21. The van der Waals surface area contributed by atoms with E-state index < -0.39 is 5.91 Å². The van der Waals surface area contributed by atoms with E-state index in [2.05, 4.69) is 18.5 Å². The lowest BCUT2D eigenvalue weighted by molar-refractivity contribution is -0.116. The summed E-state index contributed by atoms with van der Waals surface area (Å²) < 4.78 is 7.40. The van der Waals surface area contributed by atoms with Crippen molar-refractivity contribution in [1.29, 1.82) is 5.26 Å². The summed E-state index contributed by atoms with van der Waals surface area (Å²) in [5.41, 5.74) is 3.94. The molecule has 0 aliphatic heterocycles. The molecule has 0 aliphatic carbocycles. The molecule has 1 aromatic heterocycles. The van der Waals surface area contributed by atoms with E-state index in [9.17, 15) is 10.1 Å². The summed E-state index contributed by atoms with van der Waals surface area (Å²) in [6.45, 7) is 9.90. The molecule has 0 saturated heterocycles. The lowest BCUT2D eigenvalue weighted by Gasteiger charge is -2.09. The molecule has 3 aromatic rings. The molecular formula is C26H24N4O2. The zero-order valence-corrected chi connectivity index (χ0v) is 17.9. The van der Waals surface area contributed by atoms with Gasteiger partial charge in [0.05, 0.1) is 5.69 Å². The number of rotatable bonds is 9. The molecule has 0 atom stereocenters. The van der Waals surface area contributed by atoms with Gasteiger partial charge in [-0.3, -0.25) is 4.79 Å². The minimum absolute atomic E-state index is 0.0108. The molecule has 0 fully saturated rings. The number of amides is 1. The first kappa shape index (κ1) is 22.3. The Balaban J connectivity index is 2.09. The van der Waals surface area contributed by atoms with Crippen LogP contribution in [-0.2, 0) is 4.79 Å². The van der Waals surface area contributed by atoms with Crippen molar-refractivity contribution in [3.05, 3.63) is 96.7 Å². The smallest absolute Gasteiger partial charge is 0.262 e. The van der Waals surface area contributed by atoms with Crippen LogP contribution in [0.25, 0.3) is 23.0 Å². The van der Waals surface area contributed by atoms with Gasteiger partial charge in [0.1, 0.15) is 29.7 Å². The number of carbonyl (C=O) groups is 1. The van der Waals surface area contributed by atoms with Gasteiger partial charge in [-0.2, -0.15) is 10.4 Å². The average molecular weight is 425 g/mol. The number of hydrogen-bond donors (Lipinski definition) is 1. The summed E-state index contributed by atoms with van der Waals surface area (Å²) in [6.07, 6.45) is 6.61. The summed E-state index contributed by atoms with van der Waals surface area (Å²) in [4.78, 5) is 12.4. The maximum Gasteiger partial charge on any atom is 0.262 e. The molecule has 0 bridgehead atoms.